The van der Waals surface area contributed by atoms with Crippen molar-refractivity contribution in [1.82, 2.24) is 5.43 Å². The highest BCUT2D eigenvalue weighted by Gasteiger charge is 2.09. The van der Waals surface area contributed by atoms with Gasteiger partial charge in [0.1, 0.15) is 5.75 Å². The first kappa shape index (κ1) is 14.8. The van der Waals surface area contributed by atoms with Crippen LogP contribution in [0.3, 0.4) is 0 Å². The molecule has 7 heteroatoms. The van der Waals surface area contributed by atoms with Crippen molar-refractivity contribution in [2.45, 2.75) is 0 Å². The highest BCUT2D eigenvalue weighted by atomic mass is 79.9. The monoisotopic (exact) mass is 400 g/mol. The van der Waals surface area contributed by atoms with Crippen molar-refractivity contribution in [2.24, 2.45) is 5.10 Å². The number of carbonyl (C=O) groups is 1. The van der Waals surface area contributed by atoms with E-state index in [0.29, 0.717) is 11.3 Å². The maximum absolute atomic E-state index is 11.6. The number of carbonyl (C=O) groups excluding carboxylic acids is 1. The zero-order valence-corrected chi connectivity index (χ0v) is 13.6. The molecule has 0 radical (unpaired) electrons. The van der Waals surface area contributed by atoms with Crippen LogP contribution in [0.1, 0.15) is 16.1 Å². The van der Waals surface area contributed by atoms with E-state index in [1.165, 1.54) is 12.5 Å². The van der Waals surface area contributed by atoms with Gasteiger partial charge in [-0.15, -0.1) is 0 Å². The number of hydrogen-bond acceptors (Lipinski definition) is 4. The van der Waals surface area contributed by atoms with Gasteiger partial charge in [0.15, 0.2) is 5.76 Å². The fraction of sp³-hybridized carbons (Fsp3) is 0.0769. The van der Waals surface area contributed by atoms with E-state index in [-0.39, 0.29) is 5.76 Å². The molecule has 104 valence electrons. The molecule has 0 saturated carbocycles. The topological polar surface area (TPSA) is 63.8 Å². The molecule has 0 bridgehead atoms. The summed E-state index contributed by atoms with van der Waals surface area (Å²) in [4.78, 5) is 11.6. The van der Waals surface area contributed by atoms with Gasteiger partial charge in [0, 0.05) is 10.0 Å². The third kappa shape index (κ3) is 3.49. The van der Waals surface area contributed by atoms with E-state index >= 15 is 0 Å². The molecule has 1 aromatic carbocycles. The van der Waals surface area contributed by atoms with Crippen molar-refractivity contribution >= 4 is 44.0 Å². The number of ether oxygens (including phenoxy) is 1. The number of rotatable bonds is 4. The zero-order chi connectivity index (χ0) is 14.5. The second kappa shape index (κ2) is 6.71. The maximum Gasteiger partial charge on any atom is 0.307 e. The molecule has 0 aliphatic heterocycles. The van der Waals surface area contributed by atoms with Gasteiger partial charge in [-0.25, -0.2) is 5.43 Å². The standard InChI is InChI=1S/C13H10Br2N2O3/c1-19-12-8(5-9(14)6-10(12)15)7-16-17-13(18)11-3-2-4-20-11/h2-7H,1H3,(H,17,18)/b16-7-. The summed E-state index contributed by atoms with van der Waals surface area (Å²) in [6.07, 6.45) is 2.92. The number of hydrogen-bond donors (Lipinski definition) is 1. The summed E-state index contributed by atoms with van der Waals surface area (Å²) in [5, 5.41) is 3.88. The Bertz CT molecular complexity index is 639. The van der Waals surface area contributed by atoms with Crippen LogP contribution in [-0.2, 0) is 0 Å². The molecule has 0 saturated heterocycles. The van der Waals surface area contributed by atoms with Crippen LogP contribution in [0.2, 0.25) is 0 Å². The molecule has 0 aliphatic carbocycles. The molecule has 5 nitrogen and oxygen atoms in total. The number of nitrogens with one attached hydrogen (secondary N) is 1. The van der Waals surface area contributed by atoms with Gasteiger partial charge in [-0.3, -0.25) is 4.79 Å². The normalized spacial score (nSPS) is 10.8. The summed E-state index contributed by atoms with van der Waals surface area (Å²) >= 11 is 6.77. The first-order chi connectivity index (χ1) is 9.61. The molecular formula is C13H10Br2N2O3. The van der Waals surface area contributed by atoms with Gasteiger partial charge in [0.25, 0.3) is 0 Å². The van der Waals surface area contributed by atoms with E-state index < -0.39 is 5.91 Å². The molecule has 20 heavy (non-hydrogen) atoms. The average molecular weight is 402 g/mol. The molecule has 1 heterocycles. The van der Waals surface area contributed by atoms with Crippen LogP contribution in [0.15, 0.2) is 49.0 Å². The minimum absolute atomic E-state index is 0.199. The number of amides is 1. The second-order valence-corrected chi connectivity index (χ2v) is 5.46. The number of methoxy groups -OCH3 is 1. The Kier molecular flexibility index (Phi) is 4.97. The summed E-state index contributed by atoms with van der Waals surface area (Å²) in [5.41, 5.74) is 3.09. The van der Waals surface area contributed by atoms with Crippen molar-refractivity contribution in [2.75, 3.05) is 7.11 Å². The molecule has 0 spiro atoms. The summed E-state index contributed by atoms with van der Waals surface area (Å²) in [7, 11) is 1.56. The highest BCUT2D eigenvalue weighted by Crippen LogP contribution is 2.31. The molecule has 0 aliphatic rings. The lowest BCUT2D eigenvalue weighted by atomic mass is 10.2. The summed E-state index contributed by atoms with van der Waals surface area (Å²) in [5.74, 6) is 0.410. The van der Waals surface area contributed by atoms with Crippen LogP contribution in [0.25, 0.3) is 0 Å². The average Bonchev–Trinajstić information content (AvgIpc) is 2.92. The van der Waals surface area contributed by atoms with E-state index in [2.05, 4.69) is 42.4 Å². The van der Waals surface area contributed by atoms with Crippen LogP contribution < -0.4 is 10.2 Å². The quantitative estimate of drug-likeness (QED) is 0.629. The third-order valence-corrected chi connectivity index (χ3v) is 3.40. The molecular weight excluding hydrogens is 392 g/mol. The first-order valence-electron chi connectivity index (χ1n) is 5.51. The second-order valence-electron chi connectivity index (χ2n) is 3.69. The minimum atomic E-state index is -0.417. The van der Waals surface area contributed by atoms with Crippen LogP contribution in [-0.4, -0.2) is 19.2 Å². The lowest BCUT2D eigenvalue weighted by Crippen LogP contribution is -2.16. The fourth-order valence-electron chi connectivity index (χ4n) is 1.51. The van der Waals surface area contributed by atoms with Gasteiger partial charge in [-0.05, 0) is 40.2 Å². The molecule has 1 aromatic heterocycles. The van der Waals surface area contributed by atoms with Crippen LogP contribution in [0.5, 0.6) is 5.75 Å². The Morgan fingerprint density at radius 3 is 2.90 bits per heavy atom. The number of benzene rings is 1. The minimum Gasteiger partial charge on any atom is -0.495 e. The third-order valence-electron chi connectivity index (χ3n) is 2.36. The van der Waals surface area contributed by atoms with Crippen molar-refractivity contribution in [3.63, 3.8) is 0 Å². The maximum atomic E-state index is 11.6. The molecule has 2 aromatic rings. The highest BCUT2D eigenvalue weighted by molar-refractivity contribution is 9.11. The molecule has 1 amide bonds. The van der Waals surface area contributed by atoms with Crippen LogP contribution in [0.4, 0.5) is 0 Å². The molecule has 0 fully saturated rings. The van der Waals surface area contributed by atoms with Crippen LogP contribution in [0, 0.1) is 0 Å². The van der Waals surface area contributed by atoms with E-state index in [1.807, 2.05) is 12.1 Å². The predicted octanol–water partition coefficient (Wildman–Crippen LogP) is 3.58. The van der Waals surface area contributed by atoms with Crippen molar-refractivity contribution in [3.8, 4) is 5.75 Å². The summed E-state index contributed by atoms with van der Waals surface area (Å²) in [6, 6.07) is 6.87. The Morgan fingerprint density at radius 1 is 1.45 bits per heavy atom. The summed E-state index contributed by atoms with van der Waals surface area (Å²) < 4.78 is 11.9. The van der Waals surface area contributed by atoms with Gasteiger partial charge in [0.05, 0.1) is 24.1 Å². The van der Waals surface area contributed by atoms with Crippen molar-refractivity contribution < 1.29 is 13.9 Å². The predicted molar refractivity (Wildman–Crippen MR) is 82.2 cm³/mol. The summed E-state index contributed by atoms with van der Waals surface area (Å²) in [6.45, 7) is 0. The van der Waals surface area contributed by atoms with E-state index in [9.17, 15) is 4.79 Å². The lowest BCUT2D eigenvalue weighted by molar-refractivity contribution is 0.0927. The molecule has 2 rings (SSSR count). The Hall–Kier alpha value is -1.60. The van der Waals surface area contributed by atoms with E-state index in [4.69, 9.17) is 9.15 Å². The Morgan fingerprint density at radius 2 is 2.25 bits per heavy atom. The number of furan rings is 1. The number of hydrazone groups is 1. The largest absolute Gasteiger partial charge is 0.495 e. The first-order valence-corrected chi connectivity index (χ1v) is 7.10. The number of nitrogens with zero attached hydrogens (tertiary/aromatic N) is 1. The zero-order valence-electron chi connectivity index (χ0n) is 10.4. The SMILES string of the molecule is COc1c(Br)cc(Br)cc1/C=N\NC(=O)c1ccco1. The van der Waals surface area contributed by atoms with E-state index in [1.54, 1.807) is 19.2 Å². The van der Waals surface area contributed by atoms with Gasteiger partial charge < -0.3 is 9.15 Å². The molecule has 0 atom stereocenters. The Labute approximate surface area is 132 Å². The van der Waals surface area contributed by atoms with E-state index in [0.717, 1.165) is 8.95 Å². The van der Waals surface area contributed by atoms with Crippen LogP contribution >= 0.6 is 31.9 Å². The Balaban J connectivity index is 2.14. The van der Waals surface area contributed by atoms with Gasteiger partial charge in [-0.1, -0.05) is 15.9 Å². The van der Waals surface area contributed by atoms with Gasteiger partial charge in [0.2, 0.25) is 0 Å². The van der Waals surface area contributed by atoms with Gasteiger partial charge >= 0.3 is 5.91 Å². The molecule has 1 N–H and O–H groups in total. The lowest BCUT2D eigenvalue weighted by Gasteiger charge is -2.07. The molecule has 0 unspecified atom stereocenters. The smallest absolute Gasteiger partial charge is 0.307 e. The fourth-order valence-corrected chi connectivity index (χ4v) is 2.93. The van der Waals surface area contributed by atoms with Crippen molar-refractivity contribution in [3.05, 3.63) is 50.8 Å². The van der Waals surface area contributed by atoms with Gasteiger partial charge in [-0.2, -0.15) is 5.10 Å². The van der Waals surface area contributed by atoms with Crippen molar-refractivity contribution in [1.29, 1.82) is 0 Å². The number of halogens is 2.